The van der Waals surface area contributed by atoms with Gasteiger partial charge in [-0.25, -0.2) is 4.79 Å². The number of rotatable bonds is 12. The largest absolute Gasteiger partial charge is 0.505 e. The van der Waals surface area contributed by atoms with E-state index >= 15 is 0 Å². The zero-order chi connectivity index (χ0) is 16.4. The molecular formula is C15H26O7. The molecule has 2 unspecified atom stereocenters. The highest BCUT2D eigenvalue weighted by Gasteiger charge is 2.40. The molecule has 0 aromatic rings. The summed E-state index contributed by atoms with van der Waals surface area (Å²) in [6.07, 6.45) is 4.22. The fourth-order valence-corrected chi connectivity index (χ4v) is 2.22. The smallest absolute Gasteiger partial charge is 0.378 e. The van der Waals surface area contributed by atoms with Crippen LogP contribution in [0.2, 0.25) is 0 Å². The Hall–Kier alpha value is -1.31. The topological polar surface area (TPSA) is 116 Å². The molecule has 0 amide bonds. The van der Waals surface area contributed by atoms with Gasteiger partial charge in [-0.3, -0.25) is 0 Å². The molecule has 0 aromatic carbocycles. The highest BCUT2D eigenvalue weighted by molar-refractivity contribution is 5.89. The average Bonchev–Trinajstić information content (AvgIpc) is 2.80. The van der Waals surface area contributed by atoms with Crippen molar-refractivity contribution < 1.29 is 34.7 Å². The van der Waals surface area contributed by atoms with Gasteiger partial charge in [0.1, 0.15) is 6.10 Å². The first kappa shape index (κ1) is 18.7. The van der Waals surface area contributed by atoms with E-state index in [9.17, 15) is 15.0 Å². The molecule has 0 spiro atoms. The van der Waals surface area contributed by atoms with E-state index in [1.165, 1.54) is 0 Å². The van der Waals surface area contributed by atoms with Crippen LogP contribution in [0.3, 0.4) is 0 Å². The third-order valence-corrected chi connectivity index (χ3v) is 3.51. The second kappa shape index (κ2) is 10.4. The summed E-state index contributed by atoms with van der Waals surface area (Å²) >= 11 is 0. The van der Waals surface area contributed by atoms with Crippen molar-refractivity contribution in [3.63, 3.8) is 0 Å². The Morgan fingerprint density at radius 2 is 1.64 bits per heavy atom. The van der Waals surface area contributed by atoms with E-state index in [2.05, 4.69) is 0 Å². The summed E-state index contributed by atoms with van der Waals surface area (Å²) in [6, 6.07) is 0. The zero-order valence-corrected chi connectivity index (χ0v) is 12.7. The molecule has 22 heavy (non-hydrogen) atoms. The van der Waals surface area contributed by atoms with Gasteiger partial charge in [0.05, 0.1) is 13.2 Å². The Morgan fingerprint density at radius 3 is 2.23 bits per heavy atom. The monoisotopic (exact) mass is 318 g/mol. The summed E-state index contributed by atoms with van der Waals surface area (Å²) in [5, 5.41) is 36.6. The predicted octanol–water partition coefficient (Wildman–Crippen LogP) is 0.774. The Kier molecular flexibility index (Phi) is 8.88. The second-order valence-corrected chi connectivity index (χ2v) is 5.34. The maximum absolute atomic E-state index is 11.5. The van der Waals surface area contributed by atoms with Crippen molar-refractivity contribution in [1.82, 2.24) is 0 Å². The first-order valence-corrected chi connectivity index (χ1v) is 7.78. The Bertz CT molecular complexity index is 367. The summed E-state index contributed by atoms with van der Waals surface area (Å²) in [5.41, 5.74) is 0. The number of aliphatic hydroxyl groups excluding tert-OH is 4. The number of hydrogen-bond donors (Lipinski definition) is 4. The minimum atomic E-state index is -1.36. The summed E-state index contributed by atoms with van der Waals surface area (Å²) in [5.74, 6) is -1.56. The van der Waals surface area contributed by atoms with Crippen LogP contribution in [0.1, 0.15) is 44.9 Å². The molecule has 4 N–H and O–H groups in total. The number of esters is 1. The molecule has 0 bridgehead atoms. The lowest BCUT2D eigenvalue weighted by Gasteiger charge is -2.13. The van der Waals surface area contributed by atoms with E-state index in [0.29, 0.717) is 0 Å². The molecular weight excluding hydrogens is 292 g/mol. The minimum Gasteiger partial charge on any atom is -0.505 e. The Morgan fingerprint density at radius 1 is 1.05 bits per heavy atom. The van der Waals surface area contributed by atoms with Gasteiger partial charge < -0.3 is 29.9 Å². The van der Waals surface area contributed by atoms with Gasteiger partial charge in [-0.1, -0.05) is 32.1 Å². The van der Waals surface area contributed by atoms with Gasteiger partial charge >= 0.3 is 5.97 Å². The summed E-state index contributed by atoms with van der Waals surface area (Å²) in [7, 11) is 0. The highest BCUT2D eigenvalue weighted by Crippen LogP contribution is 2.24. The standard InChI is InChI=1S/C15H26O7/c16-8-6-4-2-1-3-5-7-9-21-14-12(19)13(11(18)10-17)22-15(14)20/h11,13,16-19H,1-10H2. The SMILES string of the molecule is O=C1OC(C(O)CO)C(O)=C1OCCCCCCCCCO. The van der Waals surface area contributed by atoms with E-state index < -0.39 is 30.5 Å². The minimum absolute atomic E-state index is 0.245. The fourth-order valence-electron chi connectivity index (χ4n) is 2.22. The van der Waals surface area contributed by atoms with E-state index in [1.807, 2.05) is 0 Å². The molecule has 1 aliphatic rings. The lowest BCUT2D eigenvalue weighted by molar-refractivity contribution is -0.148. The molecule has 1 rings (SSSR count). The average molecular weight is 318 g/mol. The number of hydrogen-bond acceptors (Lipinski definition) is 7. The van der Waals surface area contributed by atoms with E-state index in [1.54, 1.807) is 0 Å². The van der Waals surface area contributed by atoms with Crippen molar-refractivity contribution in [2.75, 3.05) is 19.8 Å². The summed E-state index contributed by atoms with van der Waals surface area (Å²) in [6.45, 7) is -0.0901. The van der Waals surface area contributed by atoms with Crippen LogP contribution in [-0.4, -0.2) is 58.4 Å². The van der Waals surface area contributed by atoms with Crippen LogP contribution in [0.5, 0.6) is 0 Å². The van der Waals surface area contributed by atoms with E-state index in [-0.39, 0.29) is 19.0 Å². The van der Waals surface area contributed by atoms with Crippen molar-refractivity contribution in [3.05, 3.63) is 11.5 Å². The lowest BCUT2D eigenvalue weighted by Crippen LogP contribution is -2.31. The summed E-state index contributed by atoms with van der Waals surface area (Å²) in [4.78, 5) is 11.5. The number of carbonyl (C=O) groups excluding carboxylic acids is 1. The van der Waals surface area contributed by atoms with Gasteiger partial charge in [0, 0.05) is 6.61 Å². The molecule has 0 radical (unpaired) electrons. The van der Waals surface area contributed by atoms with Gasteiger partial charge in [0.15, 0.2) is 11.9 Å². The van der Waals surface area contributed by atoms with Gasteiger partial charge in [0.25, 0.3) is 0 Å². The highest BCUT2D eigenvalue weighted by atomic mass is 16.6. The number of ether oxygens (including phenoxy) is 2. The fraction of sp³-hybridized carbons (Fsp3) is 0.800. The maximum Gasteiger partial charge on any atom is 0.378 e. The van der Waals surface area contributed by atoms with Crippen LogP contribution in [0.4, 0.5) is 0 Å². The normalized spacial score (nSPS) is 19.4. The molecule has 0 saturated carbocycles. The quantitative estimate of drug-likeness (QED) is 0.310. The van der Waals surface area contributed by atoms with Crippen molar-refractivity contribution in [3.8, 4) is 0 Å². The molecule has 0 aliphatic carbocycles. The molecule has 0 aromatic heterocycles. The Labute approximate surface area is 130 Å². The number of unbranched alkanes of at least 4 members (excludes halogenated alkanes) is 6. The van der Waals surface area contributed by atoms with Gasteiger partial charge in [-0.2, -0.15) is 0 Å². The molecule has 0 saturated heterocycles. The molecule has 1 aliphatic heterocycles. The predicted molar refractivity (Wildman–Crippen MR) is 78.0 cm³/mol. The van der Waals surface area contributed by atoms with Gasteiger partial charge in [-0.05, 0) is 12.8 Å². The number of carbonyl (C=O) groups is 1. The van der Waals surface area contributed by atoms with Gasteiger partial charge in [-0.15, -0.1) is 0 Å². The first-order chi connectivity index (χ1) is 10.6. The number of aliphatic hydroxyl groups is 4. The third-order valence-electron chi connectivity index (χ3n) is 3.51. The molecule has 1 heterocycles. The van der Waals surface area contributed by atoms with E-state index in [0.717, 1.165) is 44.9 Å². The van der Waals surface area contributed by atoms with Gasteiger partial charge in [0.2, 0.25) is 5.76 Å². The molecule has 128 valence electrons. The maximum atomic E-state index is 11.5. The Balaban J connectivity index is 2.18. The lowest BCUT2D eigenvalue weighted by atomic mass is 10.1. The summed E-state index contributed by atoms with van der Waals surface area (Å²) < 4.78 is 9.98. The van der Waals surface area contributed by atoms with Crippen molar-refractivity contribution in [1.29, 1.82) is 0 Å². The van der Waals surface area contributed by atoms with Crippen LogP contribution in [0.25, 0.3) is 0 Å². The first-order valence-electron chi connectivity index (χ1n) is 7.78. The van der Waals surface area contributed by atoms with Crippen LogP contribution in [0.15, 0.2) is 11.5 Å². The van der Waals surface area contributed by atoms with Crippen molar-refractivity contribution >= 4 is 5.97 Å². The van der Waals surface area contributed by atoms with Crippen molar-refractivity contribution in [2.45, 2.75) is 57.2 Å². The van der Waals surface area contributed by atoms with Crippen LogP contribution in [0, 0.1) is 0 Å². The van der Waals surface area contributed by atoms with Crippen LogP contribution in [-0.2, 0) is 14.3 Å². The molecule has 2 atom stereocenters. The third kappa shape index (κ3) is 5.82. The molecule has 7 nitrogen and oxygen atoms in total. The molecule has 7 heteroatoms. The second-order valence-electron chi connectivity index (χ2n) is 5.34. The molecule has 0 fully saturated rings. The van der Waals surface area contributed by atoms with E-state index in [4.69, 9.17) is 19.7 Å². The zero-order valence-electron chi connectivity index (χ0n) is 12.7. The van der Waals surface area contributed by atoms with Crippen LogP contribution >= 0.6 is 0 Å². The van der Waals surface area contributed by atoms with Crippen LogP contribution < -0.4 is 0 Å². The van der Waals surface area contributed by atoms with Crippen molar-refractivity contribution in [2.24, 2.45) is 0 Å². The number of cyclic esters (lactones) is 1.